The van der Waals surface area contributed by atoms with Crippen LogP contribution in [-0.2, 0) is 0 Å². The Morgan fingerprint density at radius 1 is 1.57 bits per heavy atom. The van der Waals surface area contributed by atoms with Gasteiger partial charge in [0.15, 0.2) is 5.13 Å². The molecule has 78 valence electrons. The minimum Gasteiger partial charge on any atom is -0.477 e. The van der Waals surface area contributed by atoms with Crippen LogP contribution in [0.1, 0.15) is 30.4 Å². The molecule has 0 fully saturated rings. The summed E-state index contributed by atoms with van der Waals surface area (Å²) in [6.07, 6.45) is 1.38. The molecule has 1 heterocycles. The van der Waals surface area contributed by atoms with Crippen molar-refractivity contribution in [2.45, 2.75) is 26.8 Å². The van der Waals surface area contributed by atoms with Gasteiger partial charge in [0.05, 0.1) is 6.20 Å². The third kappa shape index (κ3) is 2.70. The third-order valence-corrected chi connectivity index (χ3v) is 2.98. The zero-order valence-corrected chi connectivity index (χ0v) is 9.26. The first-order valence-electron chi connectivity index (χ1n) is 4.46. The predicted octanol–water partition coefficient (Wildman–Crippen LogP) is 2.30. The molecule has 0 saturated carbocycles. The highest BCUT2D eigenvalue weighted by atomic mass is 32.1. The Balaban J connectivity index is 2.64. The molecule has 0 aliphatic heterocycles. The summed E-state index contributed by atoms with van der Waals surface area (Å²) in [7, 11) is 0. The molecular weight excluding hydrogens is 200 g/mol. The maximum Gasteiger partial charge on any atom is 0.347 e. The van der Waals surface area contributed by atoms with Gasteiger partial charge in [0, 0.05) is 6.04 Å². The second-order valence-electron chi connectivity index (χ2n) is 3.51. The molecule has 0 aliphatic carbocycles. The molecule has 1 rings (SSSR count). The number of hydrogen-bond acceptors (Lipinski definition) is 4. The summed E-state index contributed by atoms with van der Waals surface area (Å²) in [6, 6.07) is 0.294. The summed E-state index contributed by atoms with van der Waals surface area (Å²) < 4.78 is 0. The van der Waals surface area contributed by atoms with E-state index in [1.165, 1.54) is 6.20 Å². The number of nitrogens with one attached hydrogen (secondary N) is 1. The van der Waals surface area contributed by atoms with Crippen LogP contribution in [0.3, 0.4) is 0 Å². The molecule has 2 N–H and O–H groups in total. The van der Waals surface area contributed by atoms with Crippen molar-refractivity contribution in [2.24, 2.45) is 5.92 Å². The molecule has 14 heavy (non-hydrogen) atoms. The van der Waals surface area contributed by atoms with E-state index in [4.69, 9.17) is 5.11 Å². The second kappa shape index (κ2) is 4.41. The Morgan fingerprint density at radius 2 is 2.21 bits per heavy atom. The zero-order chi connectivity index (χ0) is 10.7. The summed E-state index contributed by atoms with van der Waals surface area (Å²) in [5.41, 5.74) is 0. The van der Waals surface area contributed by atoms with Crippen LogP contribution in [0.25, 0.3) is 0 Å². The van der Waals surface area contributed by atoms with Crippen LogP contribution in [0, 0.1) is 5.92 Å². The molecule has 0 aromatic carbocycles. The summed E-state index contributed by atoms with van der Waals surface area (Å²) >= 11 is 1.16. The Bertz CT molecular complexity index is 322. The van der Waals surface area contributed by atoms with Crippen LogP contribution in [0.2, 0.25) is 0 Å². The van der Waals surface area contributed by atoms with Crippen LogP contribution < -0.4 is 5.32 Å². The number of carbonyl (C=O) groups is 1. The Morgan fingerprint density at radius 3 is 2.64 bits per heavy atom. The lowest BCUT2D eigenvalue weighted by Gasteiger charge is -2.16. The molecular formula is C9H14N2O2S. The Labute approximate surface area is 87.0 Å². The summed E-state index contributed by atoms with van der Waals surface area (Å²) in [5, 5.41) is 12.5. The van der Waals surface area contributed by atoms with Crippen molar-refractivity contribution in [3.05, 3.63) is 11.1 Å². The molecule has 0 bridgehead atoms. The fourth-order valence-electron chi connectivity index (χ4n) is 0.801. The minimum atomic E-state index is -0.923. The van der Waals surface area contributed by atoms with Crippen molar-refractivity contribution in [2.75, 3.05) is 5.32 Å². The van der Waals surface area contributed by atoms with Gasteiger partial charge < -0.3 is 10.4 Å². The fourth-order valence-corrected chi connectivity index (χ4v) is 1.55. The third-order valence-electron chi connectivity index (χ3n) is 2.07. The molecule has 1 unspecified atom stereocenters. The van der Waals surface area contributed by atoms with E-state index in [0.717, 1.165) is 11.3 Å². The van der Waals surface area contributed by atoms with Crippen molar-refractivity contribution >= 4 is 22.4 Å². The molecule has 4 nitrogen and oxygen atoms in total. The van der Waals surface area contributed by atoms with Crippen LogP contribution in [0.15, 0.2) is 6.20 Å². The van der Waals surface area contributed by atoms with Crippen molar-refractivity contribution in [1.29, 1.82) is 0 Å². The lowest BCUT2D eigenvalue weighted by Crippen LogP contribution is -2.21. The average Bonchev–Trinajstić information content (AvgIpc) is 2.52. The van der Waals surface area contributed by atoms with Crippen molar-refractivity contribution < 1.29 is 9.90 Å². The molecule has 1 aromatic rings. The van der Waals surface area contributed by atoms with Crippen LogP contribution in [-0.4, -0.2) is 22.1 Å². The van der Waals surface area contributed by atoms with E-state index in [1.54, 1.807) is 0 Å². The van der Waals surface area contributed by atoms with Crippen LogP contribution in [0.4, 0.5) is 5.13 Å². The van der Waals surface area contributed by atoms with Crippen molar-refractivity contribution in [1.82, 2.24) is 4.98 Å². The molecule has 1 atom stereocenters. The predicted molar refractivity (Wildman–Crippen MR) is 57.0 cm³/mol. The van der Waals surface area contributed by atoms with Gasteiger partial charge >= 0.3 is 5.97 Å². The Kier molecular flexibility index (Phi) is 3.46. The van der Waals surface area contributed by atoms with Gasteiger partial charge in [-0.05, 0) is 12.8 Å². The number of rotatable bonds is 4. The number of aromatic carboxylic acids is 1. The number of carboxylic acids is 1. The molecule has 0 saturated heterocycles. The highest BCUT2D eigenvalue weighted by Crippen LogP contribution is 2.20. The van der Waals surface area contributed by atoms with Gasteiger partial charge in [-0.25, -0.2) is 9.78 Å². The van der Waals surface area contributed by atoms with Gasteiger partial charge in [-0.15, -0.1) is 0 Å². The number of thiazole rings is 1. The smallest absolute Gasteiger partial charge is 0.347 e. The largest absolute Gasteiger partial charge is 0.477 e. The first-order chi connectivity index (χ1) is 6.50. The van der Waals surface area contributed by atoms with Gasteiger partial charge in [0.25, 0.3) is 0 Å². The van der Waals surface area contributed by atoms with E-state index in [2.05, 4.69) is 24.1 Å². The van der Waals surface area contributed by atoms with Gasteiger partial charge in [-0.3, -0.25) is 0 Å². The molecule has 5 heteroatoms. The molecule has 1 aromatic heterocycles. The van der Waals surface area contributed by atoms with Gasteiger partial charge in [0.2, 0.25) is 0 Å². The number of carboxylic acid groups (broad SMARTS) is 1. The van der Waals surface area contributed by atoms with Gasteiger partial charge in [-0.1, -0.05) is 25.2 Å². The SMILES string of the molecule is CC(C)C(C)Nc1ncc(C(=O)O)s1. The normalized spacial score (nSPS) is 12.9. The lowest BCUT2D eigenvalue weighted by molar-refractivity contribution is 0.0702. The molecule has 0 amide bonds. The first-order valence-corrected chi connectivity index (χ1v) is 5.28. The van der Waals surface area contributed by atoms with E-state index >= 15 is 0 Å². The summed E-state index contributed by atoms with van der Waals surface area (Å²) in [6.45, 7) is 6.25. The number of nitrogens with zero attached hydrogens (tertiary/aromatic N) is 1. The molecule has 0 radical (unpaired) electrons. The van der Waals surface area contributed by atoms with Gasteiger partial charge in [-0.2, -0.15) is 0 Å². The maximum atomic E-state index is 10.6. The van der Waals surface area contributed by atoms with E-state index in [-0.39, 0.29) is 4.88 Å². The average molecular weight is 214 g/mol. The topological polar surface area (TPSA) is 62.2 Å². The van der Waals surface area contributed by atoms with Crippen molar-refractivity contribution in [3.63, 3.8) is 0 Å². The lowest BCUT2D eigenvalue weighted by atomic mass is 10.1. The number of aromatic nitrogens is 1. The van der Waals surface area contributed by atoms with Crippen molar-refractivity contribution in [3.8, 4) is 0 Å². The number of anilines is 1. The zero-order valence-electron chi connectivity index (χ0n) is 8.44. The fraction of sp³-hybridized carbons (Fsp3) is 0.556. The highest BCUT2D eigenvalue weighted by molar-refractivity contribution is 7.17. The highest BCUT2D eigenvalue weighted by Gasteiger charge is 2.11. The quantitative estimate of drug-likeness (QED) is 0.807. The summed E-state index contributed by atoms with van der Waals surface area (Å²) in [4.78, 5) is 14.8. The number of hydrogen-bond donors (Lipinski definition) is 2. The Hall–Kier alpha value is -1.10. The maximum absolute atomic E-state index is 10.6. The minimum absolute atomic E-state index is 0.267. The molecule has 0 aliphatic rings. The molecule has 0 spiro atoms. The monoisotopic (exact) mass is 214 g/mol. The van der Waals surface area contributed by atoms with Gasteiger partial charge in [0.1, 0.15) is 4.88 Å². The second-order valence-corrected chi connectivity index (χ2v) is 4.54. The van der Waals surface area contributed by atoms with E-state index in [0.29, 0.717) is 17.1 Å². The van der Waals surface area contributed by atoms with Crippen LogP contribution >= 0.6 is 11.3 Å². The summed E-state index contributed by atoms with van der Waals surface area (Å²) in [5.74, 6) is -0.431. The van der Waals surface area contributed by atoms with E-state index in [9.17, 15) is 4.79 Å². The van der Waals surface area contributed by atoms with E-state index in [1.807, 2.05) is 6.92 Å². The van der Waals surface area contributed by atoms with E-state index < -0.39 is 5.97 Å². The standard InChI is InChI=1S/C9H14N2O2S/c1-5(2)6(3)11-9-10-4-7(14-9)8(12)13/h4-6H,1-3H3,(H,10,11)(H,12,13). The van der Waals surface area contributed by atoms with Crippen LogP contribution in [0.5, 0.6) is 0 Å². The first kappa shape index (κ1) is 11.0.